The van der Waals surface area contributed by atoms with Gasteiger partial charge in [-0.3, -0.25) is 19.2 Å². The minimum atomic E-state index is -1.20. The highest BCUT2D eigenvalue weighted by Gasteiger charge is 2.49. The van der Waals surface area contributed by atoms with Crippen LogP contribution in [0, 0.1) is 5.82 Å². The van der Waals surface area contributed by atoms with Crippen LogP contribution in [0.15, 0.2) is 47.8 Å². The van der Waals surface area contributed by atoms with Gasteiger partial charge in [-0.1, -0.05) is 25.3 Å². The number of carbonyl (C=O) groups excluding carboxylic acids is 2. The molecule has 32 heavy (non-hydrogen) atoms. The number of rotatable bonds is 4. The predicted molar refractivity (Wildman–Crippen MR) is 122 cm³/mol. The fraction of sp³-hybridized carbons (Fsp3) is 0.375. The van der Waals surface area contributed by atoms with Crippen molar-refractivity contribution in [2.24, 2.45) is 0 Å². The van der Waals surface area contributed by atoms with Crippen LogP contribution >= 0.6 is 11.3 Å². The second-order valence-electron chi connectivity index (χ2n) is 8.75. The SMILES string of the molecule is CC1(C(=O)NC2CCCCC2)Cn2nc(-c3cccs3)cc2C(=O)N1c1ccc(F)cc1. The lowest BCUT2D eigenvalue weighted by atomic mass is 9.91. The maximum absolute atomic E-state index is 13.7. The molecule has 5 rings (SSSR count). The van der Waals surface area contributed by atoms with Crippen LogP contribution in [0.25, 0.3) is 10.6 Å². The molecule has 1 saturated carbocycles. The Bertz CT molecular complexity index is 1140. The van der Waals surface area contributed by atoms with Crippen LogP contribution in [0.2, 0.25) is 0 Å². The molecule has 0 radical (unpaired) electrons. The number of hydrogen-bond donors (Lipinski definition) is 1. The van der Waals surface area contributed by atoms with E-state index in [9.17, 15) is 14.0 Å². The van der Waals surface area contributed by atoms with Crippen molar-refractivity contribution >= 4 is 28.8 Å². The third-order valence-electron chi connectivity index (χ3n) is 6.44. The zero-order valence-electron chi connectivity index (χ0n) is 17.9. The van der Waals surface area contributed by atoms with Crippen LogP contribution in [-0.2, 0) is 11.3 Å². The van der Waals surface area contributed by atoms with Crippen LogP contribution < -0.4 is 10.2 Å². The highest BCUT2D eigenvalue weighted by atomic mass is 32.1. The number of anilines is 1. The molecule has 2 aromatic heterocycles. The first kappa shape index (κ1) is 20.9. The summed E-state index contributed by atoms with van der Waals surface area (Å²) in [6.07, 6.45) is 5.27. The molecule has 1 atom stereocenters. The molecule has 1 fully saturated rings. The molecule has 3 heterocycles. The van der Waals surface area contributed by atoms with Gasteiger partial charge in [-0.25, -0.2) is 4.39 Å². The van der Waals surface area contributed by atoms with Crippen LogP contribution in [0.3, 0.4) is 0 Å². The van der Waals surface area contributed by atoms with Crippen LogP contribution in [-0.4, -0.2) is 33.2 Å². The molecule has 2 amide bonds. The van der Waals surface area contributed by atoms with Gasteiger partial charge in [0.1, 0.15) is 22.7 Å². The summed E-state index contributed by atoms with van der Waals surface area (Å²) >= 11 is 1.55. The quantitative estimate of drug-likeness (QED) is 0.628. The van der Waals surface area contributed by atoms with Gasteiger partial charge in [0.25, 0.3) is 5.91 Å². The van der Waals surface area contributed by atoms with E-state index in [1.54, 1.807) is 41.1 Å². The number of hydrogen-bond acceptors (Lipinski definition) is 4. The van der Waals surface area contributed by atoms with Gasteiger partial charge in [-0.15, -0.1) is 11.3 Å². The van der Waals surface area contributed by atoms with E-state index < -0.39 is 11.4 Å². The Morgan fingerprint density at radius 2 is 1.94 bits per heavy atom. The molecule has 8 heteroatoms. The summed E-state index contributed by atoms with van der Waals surface area (Å²) in [6, 6.07) is 11.5. The summed E-state index contributed by atoms with van der Waals surface area (Å²) in [5, 5.41) is 9.79. The number of thiophene rings is 1. The van der Waals surface area contributed by atoms with Gasteiger partial charge in [0.2, 0.25) is 5.91 Å². The first-order chi connectivity index (χ1) is 15.5. The number of aromatic nitrogens is 2. The number of amides is 2. The van der Waals surface area contributed by atoms with Gasteiger partial charge in [0, 0.05) is 11.7 Å². The topological polar surface area (TPSA) is 67.2 Å². The van der Waals surface area contributed by atoms with Gasteiger partial charge < -0.3 is 5.32 Å². The molecule has 0 spiro atoms. The fourth-order valence-corrected chi connectivity index (χ4v) is 5.39. The molecule has 1 aromatic carbocycles. The van der Waals surface area contributed by atoms with E-state index in [1.165, 1.54) is 23.5 Å². The standard InChI is InChI=1S/C24H25FN4O2S/c1-24(23(31)26-17-6-3-2-4-7-17)15-28-20(14-19(27-28)21-8-5-13-32-21)22(30)29(24)18-11-9-16(25)10-12-18/h5,8-14,17H,2-4,6-7,15H2,1H3,(H,26,31). The van der Waals surface area contributed by atoms with E-state index >= 15 is 0 Å². The fourth-order valence-electron chi connectivity index (χ4n) is 4.71. The lowest BCUT2D eigenvalue weighted by molar-refractivity contribution is -0.127. The third kappa shape index (κ3) is 3.62. The predicted octanol–water partition coefficient (Wildman–Crippen LogP) is 4.62. The van der Waals surface area contributed by atoms with Crippen molar-refractivity contribution in [3.8, 4) is 10.6 Å². The van der Waals surface area contributed by atoms with E-state index in [4.69, 9.17) is 0 Å². The number of nitrogens with one attached hydrogen (secondary N) is 1. The van der Waals surface area contributed by atoms with E-state index in [2.05, 4.69) is 10.4 Å². The van der Waals surface area contributed by atoms with Crippen molar-refractivity contribution in [1.82, 2.24) is 15.1 Å². The average Bonchev–Trinajstić information content (AvgIpc) is 3.46. The summed E-state index contributed by atoms with van der Waals surface area (Å²) in [5.41, 5.74) is 0.417. The Labute approximate surface area is 190 Å². The lowest BCUT2D eigenvalue weighted by Crippen LogP contribution is -2.65. The molecule has 3 aromatic rings. The molecule has 0 saturated heterocycles. The van der Waals surface area contributed by atoms with Crippen molar-refractivity contribution in [3.05, 3.63) is 59.4 Å². The van der Waals surface area contributed by atoms with Crippen LogP contribution in [0.5, 0.6) is 0 Å². The molecule has 1 aliphatic carbocycles. The number of benzene rings is 1. The van der Waals surface area contributed by atoms with Crippen LogP contribution in [0.1, 0.15) is 49.5 Å². The minimum Gasteiger partial charge on any atom is -0.351 e. The first-order valence-electron chi connectivity index (χ1n) is 11.0. The Hall–Kier alpha value is -3.00. The highest BCUT2D eigenvalue weighted by Crippen LogP contribution is 2.35. The molecule has 6 nitrogen and oxygen atoms in total. The summed E-state index contributed by atoms with van der Waals surface area (Å²) < 4.78 is 15.3. The molecular formula is C24H25FN4O2S. The van der Waals surface area contributed by atoms with Gasteiger partial charge in [-0.05, 0) is 61.5 Å². The maximum atomic E-state index is 13.7. The second-order valence-corrected chi connectivity index (χ2v) is 9.70. The van der Waals surface area contributed by atoms with Crippen molar-refractivity contribution in [2.75, 3.05) is 4.90 Å². The van der Waals surface area contributed by atoms with Gasteiger partial charge >= 0.3 is 0 Å². The molecule has 1 N–H and O–H groups in total. The maximum Gasteiger partial charge on any atom is 0.277 e. The number of nitrogens with zero attached hydrogens (tertiary/aromatic N) is 3. The van der Waals surface area contributed by atoms with Crippen LogP contribution in [0.4, 0.5) is 10.1 Å². The molecule has 1 unspecified atom stereocenters. The largest absolute Gasteiger partial charge is 0.351 e. The molecular weight excluding hydrogens is 427 g/mol. The van der Waals surface area contributed by atoms with Crippen molar-refractivity contribution < 1.29 is 14.0 Å². The normalized spacial score (nSPS) is 21.4. The van der Waals surface area contributed by atoms with Crippen molar-refractivity contribution in [2.45, 2.75) is 57.2 Å². The average molecular weight is 453 g/mol. The Kier molecular flexibility index (Phi) is 5.33. The number of carbonyl (C=O) groups is 2. The van der Waals surface area contributed by atoms with E-state index in [1.807, 2.05) is 17.5 Å². The van der Waals surface area contributed by atoms with E-state index in [0.717, 1.165) is 30.6 Å². The Morgan fingerprint density at radius 1 is 1.19 bits per heavy atom. The smallest absolute Gasteiger partial charge is 0.277 e. The summed E-state index contributed by atoms with van der Waals surface area (Å²) in [5.74, 6) is -0.919. The number of fused-ring (bicyclic) bond motifs is 1. The van der Waals surface area contributed by atoms with E-state index in [-0.39, 0.29) is 24.4 Å². The zero-order valence-corrected chi connectivity index (χ0v) is 18.7. The molecule has 166 valence electrons. The Morgan fingerprint density at radius 3 is 2.62 bits per heavy atom. The van der Waals surface area contributed by atoms with Crippen molar-refractivity contribution in [3.63, 3.8) is 0 Å². The number of halogens is 1. The monoisotopic (exact) mass is 452 g/mol. The summed E-state index contributed by atoms with van der Waals surface area (Å²) in [4.78, 5) is 29.8. The zero-order chi connectivity index (χ0) is 22.3. The third-order valence-corrected chi connectivity index (χ3v) is 7.33. The second kappa shape index (κ2) is 8.16. The first-order valence-corrected chi connectivity index (χ1v) is 11.9. The minimum absolute atomic E-state index is 0.110. The molecule has 1 aliphatic heterocycles. The van der Waals surface area contributed by atoms with Gasteiger partial charge in [-0.2, -0.15) is 5.10 Å². The van der Waals surface area contributed by atoms with Gasteiger partial charge in [0.05, 0.1) is 11.4 Å². The highest BCUT2D eigenvalue weighted by molar-refractivity contribution is 7.13. The molecule has 0 bridgehead atoms. The van der Waals surface area contributed by atoms with Gasteiger partial charge in [0.15, 0.2) is 0 Å². The summed E-state index contributed by atoms with van der Waals surface area (Å²) in [7, 11) is 0. The summed E-state index contributed by atoms with van der Waals surface area (Å²) in [6.45, 7) is 1.98. The van der Waals surface area contributed by atoms with E-state index in [0.29, 0.717) is 17.1 Å². The lowest BCUT2D eigenvalue weighted by Gasteiger charge is -2.44. The Balaban J connectivity index is 1.55. The van der Waals surface area contributed by atoms with Crippen molar-refractivity contribution in [1.29, 1.82) is 0 Å². The molecule has 2 aliphatic rings.